The number of rotatable bonds is 2. The highest BCUT2D eigenvalue weighted by Crippen LogP contribution is 2.21. The summed E-state index contributed by atoms with van der Waals surface area (Å²) in [5.74, 6) is 0.221. The number of hydrogen-bond acceptors (Lipinski definition) is 6. The van der Waals surface area contributed by atoms with Crippen molar-refractivity contribution in [1.82, 2.24) is 11.1 Å². The molecule has 2 rings (SSSR count). The number of nitrogens with zero attached hydrogens (tertiary/aromatic N) is 3. The summed E-state index contributed by atoms with van der Waals surface area (Å²) >= 11 is 1.42. The Balaban J connectivity index is 0. The highest BCUT2D eigenvalue weighted by molar-refractivity contribution is 7.13. The minimum atomic E-state index is 0. The van der Waals surface area contributed by atoms with Gasteiger partial charge in [0.15, 0.2) is 0 Å². The van der Waals surface area contributed by atoms with Gasteiger partial charge in [-0.3, -0.25) is 0 Å². The van der Waals surface area contributed by atoms with Crippen LogP contribution in [0.25, 0.3) is 0 Å². The van der Waals surface area contributed by atoms with Gasteiger partial charge in [-0.05, 0) is 24.3 Å². The molecular weight excluding hydrogens is 260 g/mol. The van der Waals surface area contributed by atoms with Crippen LogP contribution in [0.2, 0.25) is 0 Å². The molecule has 0 saturated heterocycles. The molecule has 0 unspecified atom stereocenters. The van der Waals surface area contributed by atoms with Crippen LogP contribution in [0.15, 0.2) is 46.1 Å². The van der Waals surface area contributed by atoms with Crippen molar-refractivity contribution in [1.29, 1.82) is 0 Å². The van der Waals surface area contributed by atoms with E-state index in [1.807, 2.05) is 33.1 Å². The number of benzene rings is 1. The van der Waals surface area contributed by atoms with Crippen LogP contribution in [0.1, 0.15) is 27.7 Å². The van der Waals surface area contributed by atoms with E-state index in [1.54, 1.807) is 30.5 Å². The fourth-order valence-electron chi connectivity index (χ4n) is 0.885. The summed E-state index contributed by atoms with van der Waals surface area (Å²) in [5.41, 5.74) is 0.693. The van der Waals surface area contributed by atoms with E-state index in [0.29, 0.717) is 10.8 Å². The largest absolute Gasteiger partial charge is 0.508 e. The average molecular weight is 282 g/mol. The van der Waals surface area contributed by atoms with Crippen molar-refractivity contribution in [2.45, 2.75) is 27.7 Å². The van der Waals surface area contributed by atoms with Crippen molar-refractivity contribution >= 4 is 22.2 Å². The maximum Gasteiger partial charge on any atom is 0.229 e. The number of phenols is 1. The zero-order valence-corrected chi connectivity index (χ0v) is 12.7. The van der Waals surface area contributed by atoms with Crippen LogP contribution in [-0.2, 0) is 0 Å². The molecule has 2 aromatic rings. The maximum absolute atomic E-state index is 9.03. The fourth-order valence-corrected chi connectivity index (χ4v) is 1.34. The van der Waals surface area contributed by atoms with Crippen LogP contribution in [0, 0.1) is 0 Å². The Morgan fingerprint density at radius 1 is 1.00 bits per heavy atom. The molecule has 0 aliphatic rings. The van der Waals surface area contributed by atoms with Gasteiger partial charge in [-0.25, -0.2) is 4.98 Å². The molecule has 1 aromatic carbocycles. The van der Waals surface area contributed by atoms with Crippen LogP contribution in [0.3, 0.4) is 0 Å². The van der Waals surface area contributed by atoms with Crippen molar-refractivity contribution in [3.05, 3.63) is 35.8 Å². The molecule has 0 fully saturated rings. The van der Waals surface area contributed by atoms with Gasteiger partial charge in [0.05, 0.1) is 5.69 Å². The van der Waals surface area contributed by atoms with Gasteiger partial charge < -0.3 is 11.3 Å². The van der Waals surface area contributed by atoms with Crippen molar-refractivity contribution in [3.8, 4) is 5.75 Å². The second kappa shape index (κ2) is 12.7. The molecule has 0 amide bonds. The Hall–Kier alpha value is -1.79. The summed E-state index contributed by atoms with van der Waals surface area (Å²) in [4.78, 5) is 3.96. The zero-order valence-electron chi connectivity index (χ0n) is 11.9. The van der Waals surface area contributed by atoms with Crippen LogP contribution >= 0.6 is 11.3 Å². The molecule has 106 valence electrons. The molecule has 1 heterocycles. The predicted octanol–water partition coefficient (Wildman–Crippen LogP) is 5.48. The molecule has 6 heteroatoms. The average Bonchev–Trinajstić information content (AvgIpc) is 2.96. The summed E-state index contributed by atoms with van der Waals surface area (Å²) in [6.45, 7) is 8.00. The van der Waals surface area contributed by atoms with Crippen molar-refractivity contribution in [3.63, 3.8) is 0 Å². The van der Waals surface area contributed by atoms with E-state index in [4.69, 9.17) is 5.11 Å². The first-order chi connectivity index (χ1) is 8.84. The van der Waals surface area contributed by atoms with E-state index in [2.05, 4.69) is 15.2 Å². The van der Waals surface area contributed by atoms with E-state index < -0.39 is 0 Å². The number of aromatic nitrogens is 1. The summed E-state index contributed by atoms with van der Waals surface area (Å²) in [5, 5.41) is 19.4. The highest BCUT2D eigenvalue weighted by Gasteiger charge is 1.92. The number of aromatic hydroxyl groups is 1. The SMILES string of the molecule is CC.CC.N.Oc1ccc(N=Nc2nccs2)cc1. The van der Waals surface area contributed by atoms with Crippen LogP contribution in [0.5, 0.6) is 5.75 Å². The fraction of sp³-hybridized carbons (Fsp3) is 0.308. The molecule has 1 aromatic heterocycles. The third-order valence-electron chi connectivity index (χ3n) is 1.52. The van der Waals surface area contributed by atoms with E-state index in [0.717, 1.165) is 0 Å². The van der Waals surface area contributed by atoms with Crippen molar-refractivity contribution in [2.24, 2.45) is 10.2 Å². The Morgan fingerprint density at radius 2 is 1.58 bits per heavy atom. The number of phenolic OH excluding ortho intramolecular Hbond substituents is 1. The standard InChI is InChI=1S/C9H7N3OS.2C2H6.H3N/c13-8-3-1-7(2-4-8)11-12-9-10-5-6-14-9;2*1-2;/h1-6,13H;2*1-2H3;1H3. The molecule has 0 saturated carbocycles. The summed E-state index contributed by atoms with van der Waals surface area (Å²) in [7, 11) is 0. The van der Waals surface area contributed by atoms with Crippen LogP contribution in [0.4, 0.5) is 10.8 Å². The second-order valence-electron chi connectivity index (χ2n) is 2.53. The van der Waals surface area contributed by atoms with E-state index >= 15 is 0 Å². The molecule has 0 aliphatic carbocycles. The monoisotopic (exact) mass is 282 g/mol. The third kappa shape index (κ3) is 8.01. The Kier molecular flexibility index (Phi) is 13.0. The van der Waals surface area contributed by atoms with Crippen molar-refractivity contribution < 1.29 is 5.11 Å². The second-order valence-corrected chi connectivity index (χ2v) is 3.40. The Labute approximate surface area is 118 Å². The van der Waals surface area contributed by atoms with Gasteiger partial charge in [0.1, 0.15) is 5.75 Å². The van der Waals surface area contributed by atoms with Gasteiger partial charge >= 0.3 is 0 Å². The molecule has 4 N–H and O–H groups in total. The lowest BCUT2D eigenvalue weighted by molar-refractivity contribution is 0.475. The number of thiazole rings is 1. The lowest BCUT2D eigenvalue weighted by Gasteiger charge is -1.91. The smallest absolute Gasteiger partial charge is 0.229 e. The van der Waals surface area contributed by atoms with Gasteiger partial charge in [0.25, 0.3) is 0 Å². The van der Waals surface area contributed by atoms with Gasteiger partial charge in [-0.1, -0.05) is 27.7 Å². The van der Waals surface area contributed by atoms with Gasteiger partial charge in [-0.15, -0.1) is 21.6 Å². The van der Waals surface area contributed by atoms with Gasteiger partial charge in [0.2, 0.25) is 5.13 Å². The first-order valence-corrected chi connectivity index (χ1v) is 6.83. The molecule has 5 nitrogen and oxygen atoms in total. The first kappa shape index (κ1) is 19.5. The van der Waals surface area contributed by atoms with Crippen LogP contribution < -0.4 is 6.15 Å². The predicted molar refractivity (Wildman–Crippen MR) is 82.1 cm³/mol. The third-order valence-corrected chi connectivity index (χ3v) is 2.18. The summed E-state index contributed by atoms with van der Waals surface area (Å²) in [6.07, 6.45) is 1.68. The number of hydrogen-bond donors (Lipinski definition) is 2. The molecule has 0 spiro atoms. The van der Waals surface area contributed by atoms with Gasteiger partial charge in [-0.2, -0.15) is 0 Å². The lowest BCUT2D eigenvalue weighted by Crippen LogP contribution is -1.63. The van der Waals surface area contributed by atoms with E-state index in [9.17, 15) is 0 Å². The number of azo groups is 1. The molecule has 0 atom stereocenters. The molecule has 19 heavy (non-hydrogen) atoms. The quantitative estimate of drug-likeness (QED) is 0.714. The lowest BCUT2D eigenvalue weighted by atomic mass is 10.3. The topological polar surface area (TPSA) is 92.8 Å². The minimum absolute atomic E-state index is 0. The van der Waals surface area contributed by atoms with Crippen molar-refractivity contribution in [2.75, 3.05) is 0 Å². The Bertz CT molecular complexity index is 426. The Morgan fingerprint density at radius 3 is 2.05 bits per heavy atom. The van der Waals surface area contributed by atoms with Gasteiger partial charge in [0, 0.05) is 11.6 Å². The maximum atomic E-state index is 9.03. The molecule has 0 radical (unpaired) electrons. The zero-order chi connectivity index (χ0) is 13.8. The molecular formula is C13H22N4OS. The normalized spacial score (nSPS) is 8.63. The van der Waals surface area contributed by atoms with E-state index in [-0.39, 0.29) is 11.9 Å². The highest BCUT2D eigenvalue weighted by atomic mass is 32.1. The van der Waals surface area contributed by atoms with Crippen LogP contribution in [-0.4, -0.2) is 10.1 Å². The summed E-state index contributed by atoms with van der Waals surface area (Å²) in [6, 6.07) is 6.51. The van der Waals surface area contributed by atoms with E-state index in [1.165, 1.54) is 11.3 Å². The molecule has 0 aliphatic heterocycles. The minimum Gasteiger partial charge on any atom is -0.508 e. The summed E-state index contributed by atoms with van der Waals surface area (Å²) < 4.78 is 0. The first-order valence-electron chi connectivity index (χ1n) is 5.95. The molecule has 0 bridgehead atoms.